The van der Waals surface area contributed by atoms with Gasteiger partial charge in [-0.1, -0.05) is 47.0 Å². The maximum atomic E-state index is 4.42. The van der Waals surface area contributed by atoms with E-state index in [9.17, 15) is 0 Å². The van der Waals surface area contributed by atoms with Crippen LogP contribution in [0.4, 0.5) is 0 Å². The minimum absolute atomic E-state index is 0. The van der Waals surface area contributed by atoms with Crippen molar-refractivity contribution in [2.75, 3.05) is 0 Å². The topological polar surface area (TPSA) is 125 Å². The van der Waals surface area contributed by atoms with E-state index in [1.54, 1.807) is 0 Å². The Labute approximate surface area is 318 Å². The quantitative estimate of drug-likeness (QED) is 0.123. The Morgan fingerprint density at radius 2 is 0.739 bits per heavy atom. The molecule has 0 spiro atoms. The van der Waals surface area contributed by atoms with Gasteiger partial charge in [-0.05, 0) is 95.2 Å². The molecule has 0 aliphatic carbocycles. The number of nitrogens with zero attached hydrogens (tertiary/aromatic N) is 4. The Morgan fingerprint density at radius 1 is 0.478 bits per heavy atom. The fraction of sp³-hybridized carbons (Fsp3) is 0.500. The molecule has 0 radical (unpaired) electrons. The van der Waals surface area contributed by atoms with Gasteiger partial charge in [0.2, 0.25) is 0 Å². The molecule has 10 heteroatoms. The molecule has 0 amide bonds. The van der Waals surface area contributed by atoms with Crippen LogP contribution < -0.4 is 29.9 Å². The molecule has 246 valence electrons. The zero-order chi connectivity index (χ0) is 33.8. The largest absolute Gasteiger partial charge is 2.00 e. The van der Waals surface area contributed by atoms with Crippen molar-refractivity contribution in [3.8, 4) is 0 Å². The second-order valence-electron chi connectivity index (χ2n) is 12.6. The minimum Gasteiger partial charge on any atom is -0.648 e. The van der Waals surface area contributed by atoms with Crippen LogP contribution in [0, 0.1) is 0 Å². The molecule has 3 rings (SSSR count). The molecule has 3 heterocycles. The van der Waals surface area contributed by atoms with Crippen molar-refractivity contribution in [1.29, 1.82) is 0 Å². The number of hydrogen-bond donors (Lipinski definition) is 5. The van der Waals surface area contributed by atoms with E-state index in [2.05, 4.69) is 128 Å². The number of aromatic amines is 1. The second-order valence-corrected chi connectivity index (χ2v) is 12.6. The van der Waals surface area contributed by atoms with Gasteiger partial charge in [0.1, 0.15) is 49.0 Å². The van der Waals surface area contributed by atoms with E-state index >= 15 is 0 Å². The fourth-order valence-corrected chi connectivity index (χ4v) is 3.16. The minimum atomic E-state index is 0. The summed E-state index contributed by atoms with van der Waals surface area (Å²) in [6, 6.07) is 14.5. The molecule has 3 aromatic rings. The molecule has 0 bridgehead atoms. The van der Waals surface area contributed by atoms with Crippen LogP contribution in [0.15, 0.2) is 46.4 Å². The first-order chi connectivity index (χ1) is 21.2. The molecule has 0 saturated carbocycles. The Morgan fingerprint density at radius 3 is 0.957 bits per heavy atom. The van der Waals surface area contributed by atoms with Crippen LogP contribution in [-0.2, 0) is 0 Å². The van der Waals surface area contributed by atoms with Crippen molar-refractivity contribution in [1.82, 2.24) is 15.0 Å². The van der Waals surface area contributed by atoms with Crippen molar-refractivity contribution in [3.05, 3.63) is 70.6 Å². The third-order valence-corrected chi connectivity index (χ3v) is 5.38. The number of H-pyrrole nitrogens is 1. The van der Waals surface area contributed by atoms with Gasteiger partial charge in [-0.3, -0.25) is 9.98 Å². The molecular weight excluding hydrogens is 696 g/mol. The maximum absolute atomic E-state index is 4.42. The zero-order valence-electron chi connectivity index (χ0n) is 30.4. The predicted molar refractivity (Wildman–Crippen MR) is 197 cm³/mol. The van der Waals surface area contributed by atoms with Gasteiger partial charge in [0.25, 0.3) is 0 Å². The van der Waals surface area contributed by atoms with Crippen LogP contribution in [0.25, 0.3) is 0 Å². The Balaban J connectivity index is 0.000000653. The Hall–Kier alpha value is -2.57. The van der Waals surface area contributed by atoms with Crippen molar-refractivity contribution in [2.24, 2.45) is 9.98 Å². The van der Waals surface area contributed by atoms with Crippen molar-refractivity contribution in [3.63, 3.8) is 0 Å². The molecule has 0 aliphatic heterocycles. The van der Waals surface area contributed by atoms with Crippen LogP contribution in [0.2, 0.25) is 0 Å². The SMILES string of the molecule is CC(C)N=Cc1ccc(C=NC(C)C)[nH]1.CC(C)[NH+]=Cc1ccc(C=[NH+]C(C)C)[n-]1.CC(C)[NH+]=Cc1ccc(C=[NH+]C(C)C)[n-]1.[Ba+2]. The normalized spacial score (nSPS) is 12.4. The van der Waals surface area contributed by atoms with Gasteiger partial charge in [-0.2, -0.15) is 0 Å². The molecule has 0 aliphatic rings. The van der Waals surface area contributed by atoms with E-state index in [4.69, 9.17) is 0 Å². The van der Waals surface area contributed by atoms with Gasteiger partial charge in [-0.15, -0.1) is 0 Å². The van der Waals surface area contributed by atoms with Gasteiger partial charge >= 0.3 is 48.9 Å². The van der Waals surface area contributed by atoms with Crippen LogP contribution in [-0.4, -0.2) is 127 Å². The molecule has 0 saturated heterocycles. The van der Waals surface area contributed by atoms with Crippen LogP contribution >= 0.6 is 0 Å². The van der Waals surface area contributed by atoms with E-state index in [-0.39, 0.29) is 48.9 Å². The first-order valence-corrected chi connectivity index (χ1v) is 16.1. The van der Waals surface area contributed by atoms with Gasteiger partial charge in [0.15, 0.2) is 0 Å². The molecule has 46 heavy (non-hydrogen) atoms. The molecule has 5 N–H and O–H groups in total. The summed E-state index contributed by atoms with van der Waals surface area (Å²) in [7, 11) is 0. The third-order valence-electron chi connectivity index (χ3n) is 5.38. The number of nitrogens with one attached hydrogen (secondary N) is 5. The summed E-state index contributed by atoms with van der Waals surface area (Å²) in [5, 5.41) is 0. The van der Waals surface area contributed by atoms with Crippen molar-refractivity contribution >= 4 is 86.2 Å². The summed E-state index contributed by atoms with van der Waals surface area (Å²) in [6.07, 6.45) is 11.5. The second kappa shape index (κ2) is 24.6. The Kier molecular flexibility index (Phi) is 23.2. The summed E-state index contributed by atoms with van der Waals surface area (Å²) in [4.78, 5) is 33.5. The predicted octanol–water partition coefficient (Wildman–Crippen LogP) is -0.792. The van der Waals surface area contributed by atoms with Gasteiger partial charge < -0.3 is 15.0 Å². The number of aromatic nitrogens is 3. The number of aliphatic imine (C=N–C) groups is 2. The first-order valence-electron chi connectivity index (χ1n) is 16.1. The van der Waals surface area contributed by atoms with E-state index in [1.165, 1.54) is 0 Å². The van der Waals surface area contributed by atoms with E-state index in [1.807, 2.05) is 73.7 Å². The summed E-state index contributed by atoms with van der Waals surface area (Å²) < 4.78 is 0. The first kappa shape index (κ1) is 43.4. The third kappa shape index (κ3) is 22.9. The van der Waals surface area contributed by atoms with E-state index in [0.29, 0.717) is 36.3 Å². The van der Waals surface area contributed by atoms with Crippen molar-refractivity contribution in [2.45, 2.75) is 119 Å². The fourth-order valence-electron chi connectivity index (χ4n) is 3.16. The maximum Gasteiger partial charge on any atom is 2.00 e. The summed E-state index contributed by atoms with van der Waals surface area (Å²) in [5.41, 5.74) is 5.94. The average Bonchev–Trinajstić information content (AvgIpc) is 3.72. The molecule has 9 nitrogen and oxygen atoms in total. The van der Waals surface area contributed by atoms with Crippen LogP contribution in [0.1, 0.15) is 117 Å². The van der Waals surface area contributed by atoms with E-state index in [0.717, 1.165) is 34.2 Å². The van der Waals surface area contributed by atoms with Gasteiger partial charge in [-0.25, -0.2) is 20.0 Å². The summed E-state index contributed by atoms with van der Waals surface area (Å²) in [5.74, 6) is 0. The molecular formula is C36H59BaN9+4. The standard InChI is InChI=1S/C12H19N3.2C12H18N3.Ba/c3*1-9(2)13-7-11-5-6-12(15-11)8-14-10(3)4;/h5-10,15H,1-4H3;2*5-10H,1-4H3;/q;2*-1;+2/p+4. The monoisotopic (exact) mass is 755 g/mol. The van der Waals surface area contributed by atoms with Gasteiger partial charge in [0, 0.05) is 24.5 Å². The molecule has 3 aromatic heterocycles. The number of hydrogen-bond acceptors (Lipinski definition) is 2. The molecule has 0 unspecified atom stereocenters. The van der Waals surface area contributed by atoms with Gasteiger partial charge in [0.05, 0.1) is 11.4 Å². The zero-order valence-corrected chi connectivity index (χ0v) is 34.8. The molecule has 0 fully saturated rings. The van der Waals surface area contributed by atoms with E-state index < -0.39 is 0 Å². The molecule has 0 aromatic carbocycles. The van der Waals surface area contributed by atoms with Crippen LogP contribution in [0.5, 0.6) is 0 Å². The van der Waals surface area contributed by atoms with Crippen LogP contribution in [0.3, 0.4) is 0 Å². The Bertz CT molecular complexity index is 1110. The molecule has 0 atom stereocenters. The van der Waals surface area contributed by atoms with Crippen molar-refractivity contribution < 1.29 is 20.0 Å². The summed E-state index contributed by atoms with van der Waals surface area (Å²) in [6.45, 7) is 25.1. The smallest absolute Gasteiger partial charge is 0.648 e. The summed E-state index contributed by atoms with van der Waals surface area (Å²) >= 11 is 0. The number of rotatable bonds is 12. The average molecular weight is 755 g/mol.